The Labute approximate surface area is 282 Å². The van der Waals surface area contributed by atoms with Crippen molar-refractivity contribution < 1.29 is 65.6 Å². The van der Waals surface area contributed by atoms with Gasteiger partial charge in [-0.15, -0.1) is 0 Å². The van der Waals surface area contributed by atoms with E-state index in [1.54, 1.807) is 6.07 Å². The van der Waals surface area contributed by atoms with Crippen molar-refractivity contribution in [1.82, 2.24) is 45.3 Å². The zero-order valence-corrected chi connectivity index (χ0v) is 25.6. The Kier molecular flexibility index (Phi) is 10.6. The normalized spacial score (nSPS) is 11.2. The second kappa shape index (κ2) is 14.5. The topological polar surface area (TPSA) is 193 Å². The number of halogens is 6. The van der Waals surface area contributed by atoms with Crippen LogP contribution >= 0.6 is 0 Å². The number of carboxylic acids is 2. The first-order valence-corrected chi connectivity index (χ1v) is 13.0. The molecule has 0 saturated carbocycles. The minimum atomic E-state index is -4.65. The third-order valence-electron chi connectivity index (χ3n) is 6.07. The molecule has 0 spiro atoms. The smallest absolute Gasteiger partial charge is 0.573 e. The molecule has 0 saturated heterocycles. The maximum atomic E-state index is 12.5. The Hall–Kier alpha value is -5.91. The molecule has 13 nitrogen and oxygen atoms in total. The summed E-state index contributed by atoms with van der Waals surface area (Å²) in [4.78, 5) is 42.9. The molecule has 0 amide bonds. The van der Waals surface area contributed by atoms with E-state index in [0.29, 0.717) is 12.1 Å². The average molecular weight is 769 g/mol. The molecule has 0 unspecified atom stereocenters. The van der Waals surface area contributed by atoms with Crippen LogP contribution in [0.4, 0.5) is 26.3 Å². The molecule has 0 aliphatic heterocycles. The van der Waals surface area contributed by atoms with Crippen molar-refractivity contribution in [1.29, 1.82) is 0 Å². The van der Waals surface area contributed by atoms with Crippen molar-refractivity contribution in [3.8, 4) is 45.7 Å². The van der Waals surface area contributed by atoms with Gasteiger partial charge in [-0.3, -0.25) is 9.97 Å². The van der Waals surface area contributed by atoms with E-state index < -0.39 is 35.7 Å². The summed E-state index contributed by atoms with van der Waals surface area (Å²) < 4.78 is 75.2. The number of pyridine rings is 3. The van der Waals surface area contributed by atoms with Crippen LogP contribution in [-0.4, -0.2) is 57.3 Å². The molecule has 250 valence electrons. The maximum Gasteiger partial charge on any atom is 2.00 e. The second-order valence-electron chi connectivity index (χ2n) is 9.37. The number of hydrogen-bond donors (Lipinski definition) is 2. The fourth-order valence-electron chi connectivity index (χ4n) is 3.87. The average Bonchev–Trinajstić information content (AvgIpc) is 3.77. The van der Waals surface area contributed by atoms with Crippen molar-refractivity contribution >= 4 is 11.9 Å². The Balaban J connectivity index is 0.000000216. The molecule has 49 heavy (non-hydrogen) atoms. The molecule has 6 aromatic rings. The first-order chi connectivity index (χ1) is 22.7. The van der Waals surface area contributed by atoms with Crippen LogP contribution in [0.25, 0.3) is 45.7 Å². The van der Waals surface area contributed by atoms with Gasteiger partial charge in [0.1, 0.15) is 17.1 Å². The molecule has 0 aliphatic carbocycles. The van der Waals surface area contributed by atoms with E-state index in [1.807, 2.05) is 0 Å². The minimum Gasteiger partial charge on any atom is -0.573 e. The van der Waals surface area contributed by atoms with Crippen LogP contribution < -0.4 is 10.2 Å². The van der Waals surface area contributed by atoms with Crippen molar-refractivity contribution in [3.05, 3.63) is 102 Å². The second-order valence-corrected chi connectivity index (χ2v) is 9.37. The van der Waals surface area contributed by atoms with Gasteiger partial charge in [0.05, 0.1) is 33.9 Å². The van der Waals surface area contributed by atoms with Gasteiger partial charge in [-0.05, 0) is 54.6 Å². The number of carbonyl (C=O) groups is 2. The summed E-state index contributed by atoms with van der Waals surface area (Å²) in [5.74, 6) is -2.00. The summed E-state index contributed by atoms with van der Waals surface area (Å²) in [6.07, 6.45) is -4.95. The third-order valence-corrected chi connectivity index (χ3v) is 6.07. The van der Waals surface area contributed by atoms with Crippen LogP contribution in [0.1, 0.15) is 32.1 Å². The molecule has 0 aromatic carbocycles. The van der Waals surface area contributed by atoms with E-state index >= 15 is 0 Å². The standard InChI is InChI=1S/C16H10N4O4.C13H5F6N5.Ru/c21-15(22)9-2-5-17-11(6-9)12-7-10(16(23)24)8-13(20-12)14-18-3-1-4-19-14;14-12(15,16)10-4-8(21-23-10)6-2-1-3-7(20-6)9-5-11(24-22-9)13(17,18)19;/h1-8H,(H,21,22)(H,23,24);1-5H;/q;-2;+2. The van der Waals surface area contributed by atoms with E-state index in [4.69, 9.17) is 5.11 Å². The van der Waals surface area contributed by atoms with Crippen LogP contribution in [0.3, 0.4) is 0 Å². The summed E-state index contributed by atoms with van der Waals surface area (Å²) in [5, 5.41) is 31.1. The molecule has 0 aliphatic rings. The number of carboxylic acid groups (broad SMARTS) is 2. The zero-order valence-electron chi connectivity index (χ0n) is 23.9. The van der Waals surface area contributed by atoms with Crippen LogP contribution in [0.2, 0.25) is 0 Å². The Bertz CT molecular complexity index is 2040. The van der Waals surface area contributed by atoms with E-state index in [1.165, 1.54) is 61.1 Å². The fourth-order valence-corrected chi connectivity index (χ4v) is 3.87. The molecule has 6 aromatic heterocycles. The number of nitrogens with zero attached hydrogens (tertiary/aromatic N) is 9. The van der Waals surface area contributed by atoms with Gasteiger partial charge in [0.25, 0.3) is 0 Å². The van der Waals surface area contributed by atoms with Crippen molar-refractivity contribution in [2.24, 2.45) is 0 Å². The number of alkyl halides is 6. The Morgan fingerprint density at radius 2 is 1.06 bits per heavy atom. The molecular formula is C29H15F6N9O4Ru. The van der Waals surface area contributed by atoms with E-state index in [9.17, 15) is 41.0 Å². The fraction of sp³-hybridized carbons (Fsp3) is 0.0690. The molecule has 6 rings (SSSR count). The molecule has 6 heterocycles. The SMILES string of the molecule is FC(F)(F)c1cc(-c2cccc(-c3cc(C(F)(F)F)n[n-]3)n2)[n-]n1.O=C(O)c1ccnc(-c2cc(C(=O)O)cc(-c3ncccn3)n2)c1.[Ru+2]. The van der Waals surface area contributed by atoms with E-state index in [0.717, 1.165) is 0 Å². The Morgan fingerprint density at radius 1 is 0.571 bits per heavy atom. The maximum absolute atomic E-state index is 12.5. The number of aromatic nitrogens is 9. The molecule has 0 atom stereocenters. The summed E-state index contributed by atoms with van der Waals surface area (Å²) in [6, 6.07) is 12.5. The molecule has 20 heteroatoms. The van der Waals surface area contributed by atoms with Gasteiger partial charge in [0, 0.05) is 18.6 Å². The van der Waals surface area contributed by atoms with Gasteiger partial charge in [-0.2, -0.15) is 26.3 Å². The van der Waals surface area contributed by atoms with Crippen LogP contribution in [0, 0.1) is 0 Å². The van der Waals surface area contributed by atoms with Crippen LogP contribution in [0.5, 0.6) is 0 Å². The van der Waals surface area contributed by atoms with E-state index in [-0.39, 0.29) is 76.3 Å². The van der Waals surface area contributed by atoms with Crippen molar-refractivity contribution in [2.75, 3.05) is 0 Å². The summed E-state index contributed by atoms with van der Waals surface area (Å²) in [6.45, 7) is 0. The number of rotatable bonds is 6. The van der Waals surface area contributed by atoms with Crippen molar-refractivity contribution in [2.45, 2.75) is 12.4 Å². The van der Waals surface area contributed by atoms with Gasteiger partial charge in [-0.25, -0.2) is 24.5 Å². The van der Waals surface area contributed by atoms with Crippen LogP contribution in [0.15, 0.2) is 79.3 Å². The van der Waals surface area contributed by atoms with E-state index in [2.05, 4.69) is 45.3 Å². The first kappa shape index (κ1) is 35.9. The molecule has 0 bridgehead atoms. The minimum absolute atomic E-state index is 0. The van der Waals surface area contributed by atoms with Crippen molar-refractivity contribution in [3.63, 3.8) is 0 Å². The predicted molar refractivity (Wildman–Crippen MR) is 150 cm³/mol. The Morgan fingerprint density at radius 3 is 1.55 bits per heavy atom. The summed E-state index contributed by atoms with van der Waals surface area (Å²) in [7, 11) is 0. The third kappa shape index (κ3) is 8.72. The predicted octanol–water partition coefficient (Wildman–Crippen LogP) is 5.15. The monoisotopic (exact) mass is 769 g/mol. The summed E-state index contributed by atoms with van der Waals surface area (Å²) in [5.41, 5.74) is -1.90. The van der Waals surface area contributed by atoms with Gasteiger partial charge < -0.3 is 30.6 Å². The zero-order chi connectivity index (χ0) is 34.6. The van der Waals surface area contributed by atoms with Gasteiger partial charge in [-0.1, -0.05) is 17.5 Å². The molecular weight excluding hydrogens is 753 g/mol. The first-order valence-electron chi connectivity index (χ1n) is 13.0. The summed E-state index contributed by atoms with van der Waals surface area (Å²) >= 11 is 0. The van der Waals surface area contributed by atoms with Gasteiger partial charge in [0.2, 0.25) is 0 Å². The number of aromatic carboxylic acids is 2. The molecule has 2 N–H and O–H groups in total. The molecule has 0 radical (unpaired) electrons. The molecule has 0 fully saturated rings. The largest absolute Gasteiger partial charge is 2.00 e. The van der Waals surface area contributed by atoms with Gasteiger partial charge >= 0.3 is 43.8 Å². The number of hydrogen-bond acceptors (Lipinski definition) is 9. The van der Waals surface area contributed by atoms with Crippen LogP contribution in [-0.2, 0) is 31.8 Å². The quantitative estimate of drug-likeness (QED) is 0.167. The van der Waals surface area contributed by atoms with Gasteiger partial charge in [0.15, 0.2) is 5.82 Å².